The number of esters is 2. The molecule has 9 nitrogen and oxygen atoms in total. The van der Waals surface area contributed by atoms with Gasteiger partial charge in [0.2, 0.25) is 10.0 Å². The number of nitrogens with zero attached hydrogens (tertiary/aromatic N) is 1. The fourth-order valence-corrected chi connectivity index (χ4v) is 4.37. The zero-order chi connectivity index (χ0) is 22.3. The highest BCUT2D eigenvalue weighted by Gasteiger charge is 2.26. The molecule has 0 aromatic heterocycles. The molecule has 0 bridgehead atoms. The van der Waals surface area contributed by atoms with Gasteiger partial charge < -0.3 is 18.9 Å². The topological polar surface area (TPSA) is 108 Å². The smallest absolute Gasteiger partial charge is 0.339 e. The summed E-state index contributed by atoms with van der Waals surface area (Å²) < 4.78 is 47.1. The molecule has 2 aromatic carbocycles. The van der Waals surface area contributed by atoms with Gasteiger partial charge in [-0.1, -0.05) is 12.1 Å². The van der Waals surface area contributed by atoms with E-state index in [9.17, 15) is 18.0 Å². The molecule has 0 amide bonds. The van der Waals surface area contributed by atoms with Crippen LogP contribution < -0.4 is 4.74 Å². The second-order valence-electron chi connectivity index (χ2n) is 6.51. The van der Waals surface area contributed by atoms with E-state index in [1.54, 1.807) is 24.3 Å². The number of hydrogen-bond donors (Lipinski definition) is 0. The van der Waals surface area contributed by atoms with Gasteiger partial charge in [0.05, 0.1) is 36.3 Å². The van der Waals surface area contributed by atoms with Gasteiger partial charge in [-0.3, -0.25) is 0 Å². The highest BCUT2D eigenvalue weighted by molar-refractivity contribution is 7.89. The van der Waals surface area contributed by atoms with E-state index in [-0.39, 0.29) is 29.2 Å². The van der Waals surface area contributed by atoms with Crippen molar-refractivity contribution in [1.82, 2.24) is 4.31 Å². The first-order chi connectivity index (χ1) is 14.9. The van der Waals surface area contributed by atoms with E-state index in [1.165, 1.54) is 35.7 Å². The molecule has 0 unspecified atom stereocenters. The molecule has 0 radical (unpaired) electrons. The Balaban J connectivity index is 1.51. The third-order valence-corrected chi connectivity index (χ3v) is 6.48. The molecule has 1 aliphatic heterocycles. The van der Waals surface area contributed by atoms with Crippen LogP contribution in [0.5, 0.6) is 5.75 Å². The molecule has 0 spiro atoms. The average Bonchev–Trinajstić information content (AvgIpc) is 2.82. The summed E-state index contributed by atoms with van der Waals surface area (Å²) >= 11 is 0. The van der Waals surface area contributed by atoms with E-state index in [2.05, 4.69) is 4.74 Å². The van der Waals surface area contributed by atoms with Gasteiger partial charge in [-0.25, -0.2) is 18.0 Å². The average molecular weight is 449 g/mol. The Morgan fingerprint density at radius 1 is 0.935 bits per heavy atom. The molecule has 0 saturated carbocycles. The Hall–Kier alpha value is -2.95. The van der Waals surface area contributed by atoms with Crippen molar-refractivity contribution in [2.24, 2.45) is 0 Å². The number of hydrogen-bond acceptors (Lipinski definition) is 8. The lowest BCUT2D eigenvalue weighted by molar-refractivity contribution is 0.0438. The van der Waals surface area contributed by atoms with E-state index in [4.69, 9.17) is 14.2 Å². The SMILES string of the molecule is COC(=O)c1ccccc1C(=O)OCCOc1ccc(S(=O)(=O)N2CCOCC2)cc1. The molecule has 0 aliphatic carbocycles. The summed E-state index contributed by atoms with van der Waals surface area (Å²) in [5.74, 6) is -0.862. The number of carbonyl (C=O) groups excluding carboxylic acids is 2. The predicted octanol–water partition coefficient (Wildman–Crippen LogP) is 1.73. The van der Waals surface area contributed by atoms with Crippen LogP contribution in [0, 0.1) is 0 Å². The maximum Gasteiger partial charge on any atom is 0.339 e. The van der Waals surface area contributed by atoms with Crippen LogP contribution >= 0.6 is 0 Å². The molecule has 31 heavy (non-hydrogen) atoms. The van der Waals surface area contributed by atoms with Crippen molar-refractivity contribution in [3.8, 4) is 5.75 Å². The summed E-state index contributed by atoms with van der Waals surface area (Å²) in [6, 6.07) is 12.2. The molecule has 1 saturated heterocycles. The Morgan fingerprint density at radius 2 is 1.55 bits per heavy atom. The maximum atomic E-state index is 12.6. The Bertz CT molecular complexity index is 1010. The quantitative estimate of drug-likeness (QED) is 0.443. The van der Waals surface area contributed by atoms with Crippen molar-refractivity contribution in [2.75, 3.05) is 46.6 Å². The Labute approximate surface area is 180 Å². The minimum absolute atomic E-state index is 0.0534. The molecule has 0 atom stereocenters. The number of methoxy groups -OCH3 is 1. The van der Waals surface area contributed by atoms with Crippen molar-refractivity contribution in [2.45, 2.75) is 4.90 Å². The summed E-state index contributed by atoms with van der Waals surface area (Å²) in [5.41, 5.74) is 0.222. The van der Waals surface area contributed by atoms with E-state index < -0.39 is 22.0 Å². The van der Waals surface area contributed by atoms with Gasteiger partial charge in [0.15, 0.2) is 0 Å². The Morgan fingerprint density at radius 3 is 2.16 bits per heavy atom. The van der Waals surface area contributed by atoms with Crippen LogP contribution in [0.15, 0.2) is 53.4 Å². The van der Waals surface area contributed by atoms with Gasteiger partial charge in [0.1, 0.15) is 19.0 Å². The molecular formula is C21H23NO8S. The monoisotopic (exact) mass is 449 g/mol. The van der Waals surface area contributed by atoms with Crippen molar-refractivity contribution in [3.63, 3.8) is 0 Å². The van der Waals surface area contributed by atoms with E-state index in [0.717, 1.165) is 0 Å². The Kier molecular flexibility index (Phi) is 7.61. The molecule has 1 aliphatic rings. The molecule has 0 N–H and O–H groups in total. The van der Waals surface area contributed by atoms with Crippen molar-refractivity contribution in [1.29, 1.82) is 0 Å². The van der Waals surface area contributed by atoms with Gasteiger partial charge in [-0.2, -0.15) is 4.31 Å². The number of rotatable bonds is 8. The van der Waals surface area contributed by atoms with E-state index in [0.29, 0.717) is 32.1 Å². The summed E-state index contributed by atoms with van der Waals surface area (Å²) in [6.07, 6.45) is 0. The summed E-state index contributed by atoms with van der Waals surface area (Å²) in [4.78, 5) is 24.2. The van der Waals surface area contributed by atoms with Crippen LogP contribution in [0.3, 0.4) is 0 Å². The molecule has 1 fully saturated rings. The fourth-order valence-electron chi connectivity index (χ4n) is 2.96. The third kappa shape index (κ3) is 5.60. The van der Waals surface area contributed by atoms with Crippen molar-refractivity contribution >= 4 is 22.0 Å². The first-order valence-corrected chi connectivity index (χ1v) is 11.0. The molecule has 1 heterocycles. The molecule has 10 heteroatoms. The zero-order valence-electron chi connectivity index (χ0n) is 17.0. The van der Waals surface area contributed by atoms with Crippen molar-refractivity contribution < 1.29 is 37.0 Å². The first kappa shape index (κ1) is 22.7. The van der Waals surface area contributed by atoms with Crippen LogP contribution in [0.1, 0.15) is 20.7 Å². The lowest BCUT2D eigenvalue weighted by atomic mass is 10.1. The summed E-state index contributed by atoms with van der Waals surface area (Å²) in [6.45, 7) is 1.41. The molecular weight excluding hydrogens is 426 g/mol. The van der Waals surface area contributed by atoms with Crippen molar-refractivity contribution in [3.05, 3.63) is 59.7 Å². The normalized spacial score (nSPS) is 14.6. The van der Waals surface area contributed by atoms with Crippen LogP contribution in [0.2, 0.25) is 0 Å². The number of morpholine rings is 1. The number of ether oxygens (including phenoxy) is 4. The zero-order valence-corrected chi connectivity index (χ0v) is 17.8. The highest BCUT2D eigenvalue weighted by Crippen LogP contribution is 2.20. The van der Waals surface area contributed by atoms with Crippen LogP contribution in [-0.4, -0.2) is 71.3 Å². The highest BCUT2D eigenvalue weighted by atomic mass is 32.2. The maximum absolute atomic E-state index is 12.6. The largest absolute Gasteiger partial charge is 0.490 e. The van der Waals surface area contributed by atoms with Gasteiger partial charge in [0.25, 0.3) is 0 Å². The molecule has 166 valence electrons. The van der Waals surface area contributed by atoms with E-state index >= 15 is 0 Å². The van der Waals surface area contributed by atoms with Crippen LogP contribution in [0.4, 0.5) is 0 Å². The van der Waals surface area contributed by atoms with Gasteiger partial charge in [-0.15, -0.1) is 0 Å². The number of carbonyl (C=O) groups is 2. The number of sulfonamides is 1. The second kappa shape index (κ2) is 10.4. The summed E-state index contributed by atoms with van der Waals surface area (Å²) in [5, 5.41) is 0. The standard InChI is InChI=1S/C21H23NO8S/c1-27-20(23)18-4-2-3-5-19(18)21(24)30-15-14-29-16-6-8-17(9-7-16)31(25,26)22-10-12-28-13-11-22/h2-9H,10-15H2,1H3. The van der Waals surface area contributed by atoms with Gasteiger partial charge in [0, 0.05) is 13.1 Å². The molecule has 3 rings (SSSR count). The van der Waals surface area contributed by atoms with Gasteiger partial charge in [-0.05, 0) is 36.4 Å². The minimum atomic E-state index is -3.57. The lowest BCUT2D eigenvalue weighted by Gasteiger charge is -2.26. The van der Waals surface area contributed by atoms with Gasteiger partial charge >= 0.3 is 11.9 Å². The first-order valence-electron chi connectivity index (χ1n) is 9.58. The second-order valence-corrected chi connectivity index (χ2v) is 8.45. The fraction of sp³-hybridized carbons (Fsp3) is 0.333. The predicted molar refractivity (Wildman–Crippen MR) is 110 cm³/mol. The molecule has 2 aromatic rings. The third-order valence-electron chi connectivity index (χ3n) is 4.57. The number of benzene rings is 2. The lowest BCUT2D eigenvalue weighted by Crippen LogP contribution is -2.40. The van der Waals surface area contributed by atoms with Crippen LogP contribution in [0.25, 0.3) is 0 Å². The van der Waals surface area contributed by atoms with Crippen LogP contribution in [-0.2, 0) is 24.2 Å². The summed E-state index contributed by atoms with van der Waals surface area (Å²) in [7, 11) is -2.34. The van der Waals surface area contributed by atoms with E-state index in [1.807, 2.05) is 0 Å². The minimum Gasteiger partial charge on any atom is -0.490 e.